The molecule has 1 heterocycles. The van der Waals surface area contributed by atoms with Crippen LogP contribution in [0.15, 0.2) is 24.3 Å². The summed E-state index contributed by atoms with van der Waals surface area (Å²) in [5.41, 5.74) is 8.65. The number of nitrogens with one attached hydrogen (secondary N) is 2. The molecular formula is C16H24N4O. The van der Waals surface area contributed by atoms with Crippen molar-refractivity contribution in [1.29, 1.82) is 0 Å². The van der Waals surface area contributed by atoms with Gasteiger partial charge in [0.2, 0.25) is 0 Å². The van der Waals surface area contributed by atoms with Crippen molar-refractivity contribution in [3.63, 3.8) is 0 Å². The third kappa shape index (κ3) is 2.89. The molecule has 3 rings (SSSR count). The first-order valence-electron chi connectivity index (χ1n) is 7.60. The minimum absolute atomic E-state index is 0.00201. The average Bonchev–Trinajstić information content (AvgIpc) is 2.75. The van der Waals surface area contributed by atoms with Gasteiger partial charge in [0, 0.05) is 25.2 Å². The van der Waals surface area contributed by atoms with Gasteiger partial charge in [0.05, 0.1) is 12.1 Å². The first-order chi connectivity index (χ1) is 9.96. The fourth-order valence-electron chi connectivity index (χ4n) is 3.33. The molecule has 21 heavy (non-hydrogen) atoms. The summed E-state index contributed by atoms with van der Waals surface area (Å²) in [6.45, 7) is 6.52. The van der Waals surface area contributed by atoms with Gasteiger partial charge in [0.25, 0.3) is 0 Å². The SMILES string of the molecule is CC1(C)CN(C(=O)N[C@@H]2Cc3ccccc3[C@H]2N)CCN1. The zero-order chi connectivity index (χ0) is 15.0. The van der Waals surface area contributed by atoms with E-state index in [0.717, 1.165) is 25.1 Å². The molecule has 114 valence electrons. The van der Waals surface area contributed by atoms with E-state index in [0.29, 0.717) is 6.54 Å². The van der Waals surface area contributed by atoms with Crippen LogP contribution in [0, 0.1) is 0 Å². The van der Waals surface area contributed by atoms with E-state index < -0.39 is 0 Å². The summed E-state index contributed by atoms with van der Waals surface area (Å²) in [4.78, 5) is 14.4. The molecule has 5 nitrogen and oxygen atoms in total. The predicted octanol–water partition coefficient (Wildman–Crippen LogP) is 1.00. The van der Waals surface area contributed by atoms with E-state index in [9.17, 15) is 4.79 Å². The van der Waals surface area contributed by atoms with Gasteiger partial charge in [-0.25, -0.2) is 4.79 Å². The van der Waals surface area contributed by atoms with Gasteiger partial charge in [-0.15, -0.1) is 0 Å². The topological polar surface area (TPSA) is 70.4 Å². The normalized spacial score (nSPS) is 27.3. The summed E-state index contributed by atoms with van der Waals surface area (Å²) < 4.78 is 0. The number of nitrogens with two attached hydrogens (primary N) is 1. The third-order valence-electron chi connectivity index (χ3n) is 4.46. The molecule has 2 atom stereocenters. The van der Waals surface area contributed by atoms with Crippen molar-refractivity contribution >= 4 is 6.03 Å². The molecule has 1 aliphatic heterocycles. The van der Waals surface area contributed by atoms with Crippen LogP contribution in [-0.4, -0.2) is 42.1 Å². The minimum Gasteiger partial charge on any atom is -0.333 e. The number of piperazine rings is 1. The summed E-state index contributed by atoms with van der Waals surface area (Å²) in [7, 11) is 0. The summed E-state index contributed by atoms with van der Waals surface area (Å²) in [5, 5.41) is 6.53. The number of fused-ring (bicyclic) bond motifs is 1. The number of nitrogens with zero attached hydrogens (tertiary/aromatic N) is 1. The van der Waals surface area contributed by atoms with Gasteiger partial charge in [-0.3, -0.25) is 0 Å². The van der Waals surface area contributed by atoms with Crippen LogP contribution in [0.1, 0.15) is 31.0 Å². The monoisotopic (exact) mass is 288 g/mol. The molecule has 2 amide bonds. The first kappa shape index (κ1) is 14.4. The molecule has 0 saturated carbocycles. The Kier molecular flexibility index (Phi) is 3.63. The van der Waals surface area contributed by atoms with E-state index in [1.54, 1.807) is 0 Å². The predicted molar refractivity (Wildman–Crippen MR) is 83.0 cm³/mol. The fraction of sp³-hybridized carbons (Fsp3) is 0.562. The Morgan fingerprint density at radius 2 is 2.19 bits per heavy atom. The van der Waals surface area contributed by atoms with Gasteiger partial charge >= 0.3 is 6.03 Å². The lowest BCUT2D eigenvalue weighted by molar-refractivity contribution is 0.151. The standard InChI is InChI=1S/C16H24N4O/c1-16(2)10-20(8-7-18-16)15(21)19-13-9-11-5-3-4-6-12(11)14(13)17/h3-6,13-14,18H,7-10,17H2,1-2H3,(H,19,21)/t13-,14-/m1/s1. The van der Waals surface area contributed by atoms with Gasteiger partial charge < -0.3 is 21.3 Å². The summed E-state index contributed by atoms with van der Waals surface area (Å²) >= 11 is 0. The van der Waals surface area contributed by atoms with Gasteiger partial charge in [-0.1, -0.05) is 24.3 Å². The second-order valence-electron chi connectivity index (χ2n) is 6.72. The van der Waals surface area contributed by atoms with Crippen molar-refractivity contribution in [3.05, 3.63) is 35.4 Å². The van der Waals surface area contributed by atoms with Crippen molar-refractivity contribution in [3.8, 4) is 0 Å². The zero-order valence-corrected chi connectivity index (χ0v) is 12.7. The Labute approximate surface area is 125 Å². The van der Waals surface area contributed by atoms with Crippen molar-refractivity contribution < 1.29 is 4.79 Å². The van der Waals surface area contributed by atoms with Gasteiger partial charge in [-0.05, 0) is 31.4 Å². The van der Waals surface area contributed by atoms with Gasteiger partial charge in [-0.2, -0.15) is 0 Å². The third-order valence-corrected chi connectivity index (χ3v) is 4.46. The molecule has 2 aliphatic rings. The lowest BCUT2D eigenvalue weighted by Gasteiger charge is -2.39. The molecule has 0 radical (unpaired) electrons. The van der Waals surface area contributed by atoms with Crippen LogP contribution in [0.2, 0.25) is 0 Å². The van der Waals surface area contributed by atoms with E-state index >= 15 is 0 Å². The van der Waals surface area contributed by atoms with Crippen molar-refractivity contribution in [2.45, 2.75) is 37.9 Å². The highest BCUT2D eigenvalue weighted by molar-refractivity contribution is 5.75. The first-order valence-corrected chi connectivity index (χ1v) is 7.60. The largest absolute Gasteiger partial charge is 0.333 e. The number of carbonyl (C=O) groups excluding carboxylic acids is 1. The second-order valence-corrected chi connectivity index (χ2v) is 6.72. The van der Waals surface area contributed by atoms with E-state index in [-0.39, 0.29) is 23.7 Å². The summed E-state index contributed by atoms with van der Waals surface area (Å²) in [6, 6.07) is 8.05. The zero-order valence-electron chi connectivity index (χ0n) is 12.7. The van der Waals surface area contributed by atoms with Gasteiger partial charge in [0.15, 0.2) is 0 Å². The summed E-state index contributed by atoms with van der Waals surface area (Å²) in [6.07, 6.45) is 0.818. The van der Waals surface area contributed by atoms with E-state index in [1.807, 2.05) is 17.0 Å². The van der Waals surface area contributed by atoms with Crippen LogP contribution in [-0.2, 0) is 6.42 Å². The molecule has 1 aromatic carbocycles. The van der Waals surface area contributed by atoms with E-state index in [4.69, 9.17) is 5.73 Å². The van der Waals surface area contributed by atoms with Crippen LogP contribution in [0.5, 0.6) is 0 Å². The highest BCUT2D eigenvalue weighted by atomic mass is 16.2. The van der Waals surface area contributed by atoms with Crippen LogP contribution in [0.25, 0.3) is 0 Å². The highest BCUT2D eigenvalue weighted by Gasteiger charge is 2.33. The molecule has 1 fully saturated rings. The number of hydrogen-bond donors (Lipinski definition) is 3. The molecule has 0 aromatic heterocycles. The van der Waals surface area contributed by atoms with Crippen molar-refractivity contribution in [2.75, 3.05) is 19.6 Å². The lowest BCUT2D eigenvalue weighted by Crippen LogP contribution is -2.61. The maximum Gasteiger partial charge on any atom is 0.317 e. The van der Waals surface area contributed by atoms with E-state index in [1.165, 1.54) is 5.56 Å². The molecule has 1 aromatic rings. The molecule has 0 unspecified atom stereocenters. The maximum atomic E-state index is 12.5. The molecule has 5 heteroatoms. The smallest absolute Gasteiger partial charge is 0.317 e. The molecular weight excluding hydrogens is 264 g/mol. The number of carbonyl (C=O) groups is 1. The fourth-order valence-corrected chi connectivity index (χ4v) is 3.33. The Bertz CT molecular complexity index is 543. The Balaban J connectivity index is 1.64. The molecule has 0 spiro atoms. The van der Waals surface area contributed by atoms with Crippen molar-refractivity contribution in [2.24, 2.45) is 5.73 Å². The molecule has 4 N–H and O–H groups in total. The Morgan fingerprint density at radius 1 is 1.43 bits per heavy atom. The van der Waals surface area contributed by atoms with Gasteiger partial charge in [0.1, 0.15) is 0 Å². The minimum atomic E-state index is -0.110. The van der Waals surface area contributed by atoms with Crippen molar-refractivity contribution in [1.82, 2.24) is 15.5 Å². The quantitative estimate of drug-likeness (QED) is 0.722. The van der Waals surface area contributed by atoms with E-state index in [2.05, 4.69) is 36.6 Å². The maximum absolute atomic E-state index is 12.5. The van der Waals surface area contributed by atoms with Crippen LogP contribution < -0.4 is 16.4 Å². The van der Waals surface area contributed by atoms with Crippen LogP contribution in [0.4, 0.5) is 4.79 Å². The second kappa shape index (κ2) is 5.31. The number of urea groups is 1. The number of amides is 2. The molecule has 0 bridgehead atoms. The number of benzene rings is 1. The number of hydrogen-bond acceptors (Lipinski definition) is 3. The Morgan fingerprint density at radius 3 is 2.90 bits per heavy atom. The molecule has 1 aliphatic carbocycles. The average molecular weight is 288 g/mol. The van der Waals surface area contributed by atoms with Crippen LogP contribution in [0.3, 0.4) is 0 Å². The summed E-state index contributed by atoms with van der Waals surface area (Å²) in [5.74, 6) is 0. The van der Waals surface area contributed by atoms with Crippen LogP contribution >= 0.6 is 0 Å². The highest BCUT2D eigenvalue weighted by Crippen LogP contribution is 2.29. The molecule has 1 saturated heterocycles. The lowest BCUT2D eigenvalue weighted by atomic mass is 10.0. The number of rotatable bonds is 1. The Hall–Kier alpha value is -1.59.